The van der Waals surface area contributed by atoms with E-state index in [1.54, 1.807) is 0 Å². The Labute approximate surface area is 119 Å². The average Bonchev–Trinajstić information content (AvgIpc) is 3.21. The van der Waals surface area contributed by atoms with Crippen molar-refractivity contribution < 1.29 is 13.2 Å². The van der Waals surface area contributed by atoms with E-state index in [-0.39, 0.29) is 18.4 Å². The lowest BCUT2D eigenvalue weighted by atomic mass is 9.75. The quantitative estimate of drug-likeness (QED) is 0.811. The molecule has 0 aromatic carbocycles. The van der Waals surface area contributed by atoms with Crippen molar-refractivity contribution in [3.8, 4) is 0 Å². The highest BCUT2D eigenvalue weighted by molar-refractivity contribution is 4.98. The number of rotatable bonds is 6. The van der Waals surface area contributed by atoms with Crippen molar-refractivity contribution in [1.29, 1.82) is 0 Å². The number of halogens is 3. The largest absolute Gasteiger partial charge is 0.391 e. The molecule has 0 aliphatic heterocycles. The summed E-state index contributed by atoms with van der Waals surface area (Å²) in [7, 11) is 0. The number of hydrogen-bond acceptors (Lipinski definition) is 2. The molecule has 0 saturated heterocycles. The minimum absolute atomic E-state index is 0.180. The van der Waals surface area contributed by atoms with Gasteiger partial charge in [0.1, 0.15) is 0 Å². The van der Waals surface area contributed by atoms with Crippen LogP contribution < -0.4 is 5.73 Å². The van der Waals surface area contributed by atoms with Crippen molar-refractivity contribution in [1.82, 2.24) is 4.90 Å². The lowest BCUT2D eigenvalue weighted by Gasteiger charge is -2.48. The molecule has 2 aliphatic rings. The zero-order valence-electron chi connectivity index (χ0n) is 12.4. The minimum Gasteiger partial charge on any atom is -0.329 e. The Morgan fingerprint density at radius 2 is 1.75 bits per heavy atom. The molecule has 0 heterocycles. The second-order valence-electron chi connectivity index (χ2n) is 6.63. The van der Waals surface area contributed by atoms with Crippen LogP contribution in [0.25, 0.3) is 0 Å². The summed E-state index contributed by atoms with van der Waals surface area (Å²) in [5, 5.41) is 0. The van der Waals surface area contributed by atoms with Crippen molar-refractivity contribution in [3.63, 3.8) is 0 Å². The lowest BCUT2D eigenvalue weighted by molar-refractivity contribution is -0.188. The summed E-state index contributed by atoms with van der Waals surface area (Å²) in [4.78, 5) is 2.41. The van der Waals surface area contributed by atoms with Gasteiger partial charge in [-0.15, -0.1) is 0 Å². The van der Waals surface area contributed by atoms with Crippen LogP contribution >= 0.6 is 0 Å². The van der Waals surface area contributed by atoms with Gasteiger partial charge in [0.05, 0.1) is 5.92 Å². The number of hydrogen-bond donors (Lipinski definition) is 1. The fourth-order valence-electron chi connectivity index (χ4n) is 3.54. The van der Waals surface area contributed by atoms with Gasteiger partial charge in [0.15, 0.2) is 0 Å². The highest BCUT2D eigenvalue weighted by Crippen LogP contribution is 2.44. The second-order valence-corrected chi connectivity index (χ2v) is 6.63. The van der Waals surface area contributed by atoms with E-state index >= 15 is 0 Å². The van der Waals surface area contributed by atoms with Crippen molar-refractivity contribution in [2.24, 2.45) is 17.6 Å². The third-order valence-corrected chi connectivity index (χ3v) is 5.10. The number of nitrogens with two attached hydrogens (primary N) is 1. The molecule has 2 N–H and O–H groups in total. The van der Waals surface area contributed by atoms with E-state index < -0.39 is 12.1 Å². The molecule has 0 unspecified atom stereocenters. The van der Waals surface area contributed by atoms with Gasteiger partial charge in [-0.05, 0) is 57.4 Å². The van der Waals surface area contributed by atoms with Crippen molar-refractivity contribution in [2.75, 3.05) is 19.6 Å². The summed E-state index contributed by atoms with van der Waals surface area (Å²) >= 11 is 0. The smallest absolute Gasteiger partial charge is 0.329 e. The third kappa shape index (κ3) is 3.67. The molecule has 2 rings (SSSR count). The number of nitrogens with zero attached hydrogens (tertiary/aromatic N) is 1. The molecule has 2 nitrogen and oxygen atoms in total. The SMILES string of the molecule is CCCN(CC1CC1)C1(CN)CCC(C(F)(F)F)CC1. The van der Waals surface area contributed by atoms with E-state index in [9.17, 15) is 13.2 Å². The maximum absolute atomic E-state index is 12.8. The summed E-state index contributed by atoms with van der Waals surface area (Å²) < 4.78 is 38.5. The first-order valence-corrected chi connectivity index (χ1v) is 7.93. The van der Waals surface area contributed by atoms with Crippen LogP contribution in [0.2, 0.25) is 0 Å². The Balaban J connectivity index is 2.01. The molecule has 2 saturated carbocycles. The summed E-state index contributed by atoms with van der Waals surface area (Å²) in [6, 6.07) is 0. The molecule has 0 spiro atoms. The topological polar surface area (TPSA) is 29.3 Å². The molecule has 0 amide bonds. The molecule has 5 heteroatoms. The standard InChI is InChI=1S/C15H27F3N2/c1-2-9-20(10-12-3-4-12)14(11-19)7-5-13(6-8-14)15(16,17)18/h12-13H,2-11,19H2,1H3. The molecule has 0 radical (unpaired) electrons. The normalized spacial score (nSPS) is 31.8. The Kier molecular flexibility index (Phi) is 5.00. The molecule has 118 valence electrons. The molecular formula is C15H27F3N2. The minimum atomic E-state index is -4.03. The van der Waals surface area contributed by atoms with Crippen LogP contribution in [0.4, 0.5) is 13.2 Å². The van der Waals surface area contributed by atoms with Gasteiger partial charge in [-0.25, -0.2) is 0 Å². The van der Waals surface area contributed by atoms with E-state index in [0.29, 0.717) is 19.4 Å². The predicted molar refractivity (Wildman–Crippen MR) is 74.4 cm³/mol. The molecule has 0 aromatic rings. The van der Waals surface area contributed by atoms with Gasteiger partial charge in [0.2, 0.25) is 0 Å². The first kappa shape index (κ1) is 16.1. The van der Waals surface area contributed by atoms with Crippen LogP contribution in [0.3, 0.4) is 0 Å². The first-order valence-electron chi connectivity index (χ1n) is 7.93. The van der Waals surface area contributed by atoms with Crippen LogP contribution in [0.1, 0.15) is 51.9 Å². The fourth-order valence-corrected chi connectivity index (χ4v) is 3.54. The van der Waals surface area contributed by atoms with Crippen molar-refractivity contribution >= 4 is 0 Å². The Morgan fingerprint density at radius 1 is 1.15 bits per heavy atom. The zero-order chi connectivity index (χ0) is 14.8. The van der Waals surface area contributed by atoms with Crippen LogP contribution in [0.15, 0.2) is 0 Å². The molecule has 2 fully saturated rings. The van der Waals surface area contributed by atoms with Crippen LogP contribution in [0.5, 0.6) is 0 Å². The maximum atomic E-state index is 12.8. The first-order chi connectivity index (χ1) is 9.41. The van der Waals surface area contributed by atoms with E-state index in [4.69, 9.17) is 5.73 Å². The van der Waals surface area contributed by atoms with Crippen molar-refractivity contribution in [2.45, 2.75) is 63.6 Å². The molecule has 2 aliphatic carbocycles. The Hall–Kier alpha value is -0.290. The van der Waals surface area contributed by atoms with Gasteiger partial charge in [0.25, 0.3) is 0 Å². The van der Waals surface area contributed by atoms with Gasteiger partial charge in [0, 0.05) is 18.6 Å². The molecular weight excluding hydrogens is 265 g/mol. The average molecular weight is 292 g/mol. The number of alkyl halides is 3. The third-order valence-electron chi connectivity index (χ3n) is 5.10. The second kappa shape index (κ2) is 6.22. The van der Waals surface area contributed by atoms with Crippen LogP contribution in [0, 0.1) is 11.8 Å². The Morgan fingerprint density at radius 3 is 2.15 bits per heavy atom. The molecule has 0 atom stereocenters. The lowest BCUT2D eigenvalue weighted by Crippen LogP contribution is -2.57. The van der Waals surface area contributed by atoms with Gasteiger partial charge < -0.3 is 5.73 Å². The monoisotopic (exact) mass is 292 g/mol. The van der Waals surface area contributed by atoms with E-state index in [2.05, 4.69) is 11.8 Å². The van der Waals surface area contributed by atoms with Gasteiger partial charge in [-0.1, -0.05) is 6.92 Å². The van der Waals surface area contributed by atoms with E-state index in [0.717, 1.165) is 25.4 Å². The van der Waals surface area contributed by atoms with E-state index in [1.165, 1.54) is 12.8 Å². The zero-order valence-corrected chi connectivity index (χ0v) is 12.4. The summed E-state index contributed by atoms with van der Waals surface area (Å²) in [5.41, 5.74) is 5.82. The van der Waals surface area contributed by atoms with Gasteiger partial charge >= 0.3 is 6.18 Å². The maximum Gasteiger partial charge on any atom is 0.391 e. The summed E-state index contributed by atoms with van der Waals surface area (Å²) in [6.45, 7) is 4.61. The predicted octanol–water partition coefficient (Wildman–Crippen LogP) is 3.56. The molecule has 20 heavy (non-hydrogen) atoms. The summed E-state index contributed by atoms with van der Waals surface area (Å²) in [5.74, 6) is -0.364. The fraction of sp³-hybridized carbons (Fsp3) is 1.00. The highest BCUT2D eigenvalue weighted by atomic mass is 19.4. The highest BCUT2D eigenvalue weighted by Gasteiger charge is 2.47. The molecule has 0 bridgehead atoms. The van der Waals surface area contributed by atoms with Crippen LogP contribution in [-0.2, 0) is 0 Å². The van der Waals surface area contributed by atoms with Crippen LogP contribution in [-0.4, -0.2) is 36.2 Å². The van der Waals surface area contributed by atoms with E-state index in [1.807, 2.05) is 0 Å². The Bertz CT molecular complexity index is 305. The molecule has 0 aromatic heterocycles. The van der Waals surface area contributed by atoms with Crippen molar-refractivity contribution in [3.05, 3.63) is 0 Å². The van der Waals surface area contributed by atoms with Gasteiger partial charge in [-0.3, -0.25) is 4.90 Å². The summed E-state index contributed by atoms with van der Waals surface area (Å²) in [6.07, 6.45) is 1.22. The van der Waals surface area contributed by atoms with Gasteiger partial charge in [-0.2, -0.15) is 13.2 Å².